The third-order valence-corrected chi connectivity index (χ3v) is 21.1. The number of carbonyl (C=O) groups excluding carboxylic acids is 3. The standard InChI is InChI=1S/C53H54N2O11S2/c56-22-27-5-1-4-26(14-27)15-28-16-34-43(60)33-7-2-8-35-41(33)44(61)51(34,38(59)17-28)25-67-68-39-19-30-18-37-49(12-3-6-32(49)23-57)20-31-10-9-29-21-54-46(55-39)40(30)42(29)52(31,37)36-11-13-50(24-58)48(63)53(36,64)45(62)47(65-35)66-50/h1-2,4-5,7-8,11,13-14,16-18,23,31-32,34,36-37,39,45,47-48,54-56,58-59,62-64H,3,6,9-10,12,15,19-22,24-25H2/t31-,32+,34-,36+,37+,39-,45+,47-,48-,49-,50-,51+,52+,53-/m1/s1. The van der Waals surface area contributed by atoms with Gasteiger partial charge >= 0.3 is 0 Å². The van der Waals surface area contributed by atoms with Crippen LogP contribution in [0.3, 0.4) is 0 Å². The normalized spacial score (nSPS) is 42.4. The van der Waals surface area contributed by atoms with Gasteiger partial charge in [0.1, 0.15) is 52.4 Å². The highest BCUT2D eigenvalue weighted by Crippen LogP contribution is 2.78. The summed E-state index contributed by atoms with van der Waals surface area (Å²) in [6, 6.07) is 12.0. The average molecular weight is 959 g/mol. The molecule has 0 aromatic heterocycles. The van der Waals surface area contributed by atoms with Gasteiger partial charge in [-0.3, -0.25) is 9.59 Å². The first-order valence-corrected chi connectivity index (χ1v) is 26.4. The predicted molar refractivity (Wildman–Crippen MR) is 252 cm³/mol. The van der Waals surface area contributed by atoms with E-state index >= 15 is 9.59 Å². The molecule has 14 rings (SSSR count). The Morgan fingerprint density at radius 2 is 1.85 bits per heavy atom. The van der Waals surface area contributed by atoms with Crippen molar-refractivity contribution in [3.8, 4) is 5.75 Å². The van der Waals surface area contributed by atoms with Crippen molar-refractivity contribution in [2.24, 2.45) is 45.8 Å². The number of hydrogen-bond acceptors (Lipinski definition) is 15. The number of allylic oxidation sites excluding steroid dienone is 7. The van der Waals surface area contributed by atoms with E-state index in [1.165, 1.54) is 22.4 Å². The van der Waals surface area contributed by atoms with Crippen LogP contribution < -0.4 is 15.4 Å². The number of rotatable bonds is 5. The molecule has 5 heterocycles. The third-order valence-electron chi connectivity index (χ3n) is 18.4. The number of carbonyl (C=O) groups is 3. The number of ketones is 2. The molecule has 2 aromatic carbocycles. The van der Waals surface area contributed by atoms with Crippen molar-refractivity contribution in [2.45, 2.75) is 93.0 Å². The number of nitrogens with one attached hydrogen (secondary N) is 2. The molecule has 0 unspecified atom stereocenters. The molecule has 8 N–H and O–H groups in total. The van der Waals surface area contributed by atoms with Crippen LogP contribution in [-0.2, 0) is 22.6 Å². The fourth-order valence-corrected chi connectivity index (χ4v) is 18.5. The van der Waals surface area contributed by atoms with Crippen molar-refractivity contribution in [1.82, 2.24) is 10.6 Å². The van der Waals surface area contributed by atoms with Gasteiger partial charge in [-0.15, -0.1) is 0 Å². The summed E-state index contributed by atoms with van der Waals surface area (Å²) in [6.07, 6.45) is 10.5. The van der Waals surface area contributed by atoms with Crippen LogP contribution in [0.25, 0.3) is 0 Å². The van der Waals surface area contributed by atoms with E-state index < -0.39 is 76.0 Å². The maximum atomic E-state index is 15.6. The van der Waals surface area contributed by atoms with Crippen molar-refractivity contribution in [2.75, 3.05) is 18.9 Å². The second kappa shape index (κ2) is 15.0. The van der Waals surface area contributed by atoms with Crippen molar-refractivity contribution in [3.63, 3.8) is 0 Å². The maximum absolute atomic E-state index is 15.6. The first-order valence-electron chi connectivity index (χ1n) is 24.1. The summed E-state index contributed by atoms with van der Waals surface area (Å²) >= 11 is 0. The molecule has 12 aliphatic rings. The van der Waals surface area contributed by atoms with Crippen LogP contribution >= 0.6 is 21.6 Å². The van der Waals surface area contributed by atoms with Gasteiger partial charge in [-0.05, 0) is 101 Å². The topological polar surface area (TPSA) is 215 Å². The molecule has 68 heavy (non-hydrogen) atoms. The van der Waals surface area contributed by atoms with Crippen LogP contribution in [0.4, 0.5) is 0 Å². The zero-order valence-electron chi connectivity index (χ0n) is 37.2. The number of ether oxygens (including phenoxy) is 2. The van der Waals surface area contributed by atoms with Gasteiger partial charge in [-0.1, -0.05) is 88.7 Å². The number of hydrogen-bond donors (Lipinski definition) is 8. The van der Waals surface area contributed by atoms with Crippen LogP contribution in [0, 0.1) is 45.8 Å². The Morgan fingerprint density at radius 1 is 1.01 bits per heavy atom. The molecule has 0 radical (unpaired) electrons. The number of benzene rings is 2. The van der Waals surface area contributed by atoms with Gasteiger partial charge in [-0.25, -0.2) is 0 Å². The number of dihydropyridines is 1. The maximum Gasteiger partial charge on any atom is 0.230 e. The quantitative estimate of drug-likeness (QED) is 0.112. The zero-order valence-corrected chi connectivity index (χ0v) is 38.9. The molecule has 14 atom stereocenters. The van der Waals surface area contributed by atoms with E-state index in [-0.39, 0.29) is 58.1 Å². The molecule has 7 aliphatic carbocycles. The van der Waals surface area contributed by atoms with E-state index in [1.807, 2.05) is 30.3 Å². The summed E-state index contributed by atoms with van der Waals surface area (Å²) in [5.74, 6) is -3.09. The molecule has 2 saturated carbocycles. The monoisotopic (exact) mass is 958 g/mol. The minimum absolute atomic E-state index is 0.00475. The van der Waals surface area contributed by atoms with Crippen LogP contribution in [0.1, 0.15) is 76.8 Å². The van der Waals surface area contributed by atoms with Crippen LogP contribution in [0.2, 0.25) is 0 Å². The van der Waals surface area contributed by atoms with Crippen LogP contribution in [0.5, 0.6) is 5.75 Å². The summed E-state index contributed by atoms with van der Waals surface area (Å²) in [5, 5.41) is 80.1. The minimum atomic E-state index is -2.41. The first-order chi connectivity index (χ1) is 32.9. The Morgan fingerprint density at radius 3 is 2.68 bits per heavy atom. The molecule has 2 aromatic rings. The fraction of sp³-hybridized carbons (Fsp3) is 0.491. The summed E-state index contributed by atoms with van der Waals surface area (Å²) in [5.41, 5.74) is -0.826. The highest BCUT2D eigenvalue weighted by atomic mass is 33.1. The summed E-state index contributed by atoms with van der Waals surface area (Å²) in [4.78, 5) is 44.0. The Bertz CT molecular complexity index is 2820. The number of aliphatic hydroxyl groups is 6. The summed E-state index contributed by atoms with van der Waals surface area (Å²) in [7, 11) is 2.95. The largest absolute Gasteiger partial charge is 0.511 e. The first kappa shape index (κ1) is 43.6. The van der Waals surface area contributed by atoms with E-state index in [0.29, 0.717) is 25.0 Å². The lowest BCUT2D eigenvalue weighted by Crippen LogP contribution is -2.79. The van der Waals surface area contributed by atoms with Gasteiger partial charge in [0, 0.05) is 47.1 Å². The lowest BCUT2D eigenvalue weighted by molar-refractivity contribution is -0.357. The molecular weight excluding hydrogens is 905 g/mol. The molecule has 5 aliphatic heterocycles. The molecule has 11 bridgehead atoms. The van der Waals surface area contributed by atoms with Gasteiger partial charge in [0.25, 0.3) is 0 Å². The number of Topliss-reactive ketones (excluding diaryl/α,β-unsaturated/α-hetero) is 2. The van der Waals surface area contributed by atoms with Crippen LogP contribution in [-0.4, -0.2) is 102 Å². The molecule has 354 valence electrons. The summed E-state index contributed by atoms with van der Waals surface area (Å²) < 4.78 is 13.1. The van der Waals surface area contributed by atoms with Crippen molar-refractivity contribution < 1.29 is 54.5 Å². The fourth-order valence-electron chi connectivity index (χ4n) is 15.6. The molecular formula is C53H54N2O11S2. The van der Waals surface area contributed by atoms with Gasteiger partial charge in [0.05, 0.1) is 30.1 Å². The molecule has 3 fully saturated rings. The molecule has 3 spiro atoms. The Hall–Kier alpha value is -4.45. The number of aldehydes is 1. The third kappa shape index (κ3) is 5.39. The molecule has 13 nitrogen and oxygen atoms in total. The number of fused-ring (bicyclic) bond motifs is 3. The van der Waals surface area contributed by atoms with E-state index in [4.69, 9.17) is 9.47 Å². The van der Waals surface area contributed by atoms with Gasteiger partial charge in [0.2, 0.25) is 6.29 Å². The highest BCUT2D eigenvalue weighted by Gasteiger charge is 2.78. The average Bonchev–Trinajstić information content (AvgIpc) is 3.89. The van der Waals surface area contributed by atoms with Crippen molar-refractivity contribution in [1.29, 1.82) is 0 Å². The summed E-state index contributed by atoms with van der Waals surface area (Å²) in [6.45, 7) is -0.390. The molecule has 1 saturated heterocycles. The van der Waals surface area contributed by atoms with Gasteiger partial charge < -0.3 is 55.5 Å². The van der Waals surface area contributed by atoms with E-state index in [9.17, 15) is 35.4 Å². The number of aliphatic hydroxyl groups excluding tert-OH is 5. The second-order valence-corrected chi connectivity index (χ2v) is 23.8. The minimum Gasteiger partial charge on any atom is -0.511 e. The van der Waals surface area contributed by atoms with Gasteiger partial charge in [-0.2, -0.15) is 0 Å². The molecule has 0 amide bonds. The van der Waals surface area contributed by atoms with Crippen LogP contribution in [0.15, 0.2) is 112 Å². The van der Waals surface area contributed by atoms with Crippen molar-refractivity contribution in [3.05, 3.63) is 135 Å². The Balaban J connectivity index is 1.01. The van der Waals surface area contributed by atoms with E-state index in [2.05, 4.69) is 16.7 Å². The lowest BCUT2D eigenvalue weighted by Gasteiger charge is -2.65. The highest BCUT2D eigenvalue weighted by molar-refractivity contribution is 8.76. The Kier molecular flexibility index (Phi) is 9.63. The van der Waals surface area contributed by atoms with E-state index in [1.54, 1.807) is 41.2 Å². The smallest absolute Gasteiger partial charge is 0.230 e. The second-order valence-electron chi connectivity index (χ2n) is 21.2. The van der Waals surface area contributed by atoms with Gasteiger partial charge in [0.15, 0.2) is 11.6 Å². The molecule has 15 heteroatoms. The SMILES string of the molecule is O=C[C@@H]1CCC[C@@]12C[C@H]1CCC3=C4C5=C(NC3)N[C@H]3CC5=C[C@@H]2[C@]41[C@@H]1C=C[C@]2(CO)O[C@@H](Oc4cccc5c4C(=O)[C@]4(CSS3)C(O)=CC(Cc3cccc(CO)c3)=C[C@@H]4C5=O)[C@H](O)[C@@]1(O)[C@@H]2O. The lowest BCUT2D eigenvalue weighted by atomic mass is 9.43. The Labute approximate surface area is 400 Å². The predicted octanol–water partition coefficient (Wildman–Crippen LogP) is 5.06. The van der Waals surface area contributed by atoms with E-state index in [0.717, 1.165) is 78.5 Å². The zero-order chi connectivity index (χ0) is 46.7. The van der Waals surface area contributed by atoms with Crippen molar-refractivity contribution >= 4 is 39.4 Å².